The minimum Gasteiger partial charge on any atom is -0.368 e. The van der Waals surface area contributed by atoms with Crippen LogP contribution in [0.25, 0.3) is 0 Å². The third kappa shape index (κ3) is 2.27. The maximum Gasteiger partial charge on any atom is 0.136 e. The normalized spacial score (nSPS) is 24.5. The van der Waals surface area contributed by atoms with Crippen molar-refractivity contribution in [2.24, 2.45) is 0 Å². The Morgan fingerprint density at radius 3 is 2.62 bits per heavy atom. The Balaban J connectivity index is 1.52. The fraction of sp³-hybridized carbons (Fsp3) is 0.500. The maximum atomic E-state index is 4.95. The topological polar surface area (TPSA) is 41.0 Å². The minimum atomic E-state index is 0.385. The summed E-state index contributed by atoms with van der Waals surface area (Å²) in [5.41, 5.74) is 3.05. The highest BCUT2D eigenvalue weighted by molar-refractivity contribution is 5.57. The molecule has 2 aromatic rings. The van der Waals surface area contributed by atoms with Crippen molar-refractivity contribution in [1.82, 2.24) is 9.97 Å². The van der Waals surface area contributed by atoms with Gasteiger partial charge in [0.25, 0.3) is 0 Å². The number of aromatic nitrogens is 2. The molecule has 1 aromatic heterocycles. The molecule has 2 bridgehead atoms. The lowest BCUT2D eigenvalue weighted by atomic mass is 9.99. The van der Waals surface area contributed by atoms with Crippen LogP contribution in [-0.2, 0) is 0 Å². The molecule has 1 saturated heterocycles. The van der Waals surface area contributed by atoms with Gasteiger partial charge in [0.05, 0.1) is 6.04 Å². The summed E-state index contributed by atoms with van der Waals surface area (Å²) in [4.78, 5) is 12.2. The predicted octanol–water partition coefficient (Wildman–Crippen LogP) is 4.22. The molecule has 5 rings (SSSR count). The number of benzene rings is 1. The van der Waals surface area contributed by atoms with E-state index < -0.39 is 0 Å². The molecule has 2 aliphatic carbocycles. The highest BCUT2D eigenvalue weighted by Gasteiger charge is 2.43. The third-order valence-electron chi connectivity index (χ3n) is 5.50. The van der Waals surface area contributed by atoms with E-state index in [1.54, 1.807) is 5.56 Å². The van der Waals surface area contributed by atoms with Crippen LogP contribution in [0.1, 0.15) is 67.9 Å². The van der Waals surface area contributed by atoms with Crippen LogP contribution >= 0.6 is 0 Å². The highest BCUT2D eigenvalue weighted by atomic mass is 15.3. The summed E-state index contributed by atoms with van der Waals surface area (Å²) >= 11 is 0. The van der Waals surface area contributed by atoms with Crippen LogP contribution in [0.5, 0.6) is 0 Å². The second-order valence-corrected chi connectivity index (χ2v) is 7.77. The van der Waals surface area contributed by atoms with Crippen molar-refractivity contribution in [2.75, 3.05) is 16.8 Å². The predicted molar refractivity (Wildman–Crippen MR) is 96.7 cm³/mol. The van der Waals surface area contributed by atoms with Gasteiger partial charge in [-0.15, -0.1) is 0 Å². The van der Waals surface area contributed by atoms with E-state index in [4.69, 9.17) is 9.97 Å². The van der Waals surface area contributed by atoms with Gasteiger partial charge in [-0.05, 0) is 44.2 Å². The molecule has 4 heteroatoms. The SMILES string of the molecule is CC(C)Nc1cc(N2C[C@H]3C[C@H]2c2ccccc23)nc(C2CC2)n1. The van der Waals surface area contributed by atoms with Crippen LogP contribution in [0.15, 0.2) is 30.3 Å². The molecular weight excluding hydrogens is 296 g/mol. The minimum absolute atomic E-state index is 0.385. The molecule has 3 aliphatic rings. The zero-order valence-electron chi connectivity index (χ0n) is 14.4. The molecule has 0 unspecified atom stereocenters. The Hall–Kier alpha value is -2.10. The Labute approximate surface area is 143 Å². The Morgan fingerprint density at radius 1 is 1.08 bits per heavy atom. The summed E-state index contributed by atoms with van der Waals surface area (Å²) in [5, 5.41) is 3.48. The van der Waals surface area contributed by atoms with Crippen molar-refractivity contribution in [3.63, 3.8) is 0 Å². The van der Waals surface area contributed by atoms with E-state index in [0.717, 1.165) is 24.0 Å². The van der Waals surface area contributed by atoms with Gasteiger partial charge in [0, 0.05) is 30.5 Å². The Morgan fingerprint density at radius 2 is 1.88 bits per heavy atom. The van der Waals surface area contributed by atoms with Gasteiger partial charge in [-0.3, -0.25) is 0 Å². The Kier molecular flexibility index (Phi) is 3.09. The molecule has 0 spiro atoms. The molecule has 0 amide bonds. The van der Waals surface area contributed by atoms with Crippen LogP contribution in [0, 0.1) is 0 Å². The molecular formula is C20H24N4. The number of fused-ring (bicyclic) bond motifs is 5. The monoisotopic (exact) mass is 320 g/mol. The standard InChI is InChI=1S/C20H24N4/c1-12(2)21-18-10-19(23-20(22-18)13-7-8-13)24-11-14-9-17(24)16-6-4-3-5-15(14)16/h3-6,10,12-14,17H,7-9,11H2,1-2H3,(H,21,22,23)/t14-,17+/m1/s1. The summed E-state index contributed by atoms with van der Waals surface area (Å²) < 4.78 is 0. The smallest absolute Gasteiger partial charge is 0.136 e. The van der Waals surface area contributed by atoms with E-state index in [1.165, 1.54) is 24.8 Å². The van der Waals surface area contributed by atoms with Gasteiger partial charge in [-0.1, -0.05) is 24.3 Å². The van der Waals surface area contributed by atoms with Crippen molar-refractivity contribution in [3.05, 3.63) is 47.3 Å². The zero-order valence-corrected chi connectivity index (χ0v) is 14.4. The number of nitrogens with zero attached hydrogens (tertiary/aromatic N) is 3. The summed E-state index contributed by atoms with van der Waals surface area (Å²) in [7, 11) is 0. The first kappa shape index (κ1) is 14.3. The van der Waals surface area contributed by atoms with Gasteiger partial charge in [-0.2, -0.15) is 0 Å². The van der Waals surface area contributed by atoms with E-state index in [0.29, 0.717) is 23.9 Å². The van der Waals surface area contributed by atoms with E-state index >= 15 is 0 Å². The molecule has 124 valence electrons. The van der Waals surface area contributed by atoms with Gasteiger partial charge < -0.3 is 10.2 Å². The van der Waals surface area contributed by atoms with Crippen LogP contribution in [-0.4, -0.2) is 22.6 Å². The summed E-state index contributed by atoms with van der Waals surface area (Å²) in [6, 6.07) is 12.0. The van der Waals surface area contributed by atoms with Gasteiger partial charge in [-0.25, -0.2) is 9.97 Å². The van der Waals surface area contributed by atoms with Crippen LogP contribution in [0.4, 0.5) is 11.6 Å². The molecule has 1 N–H and O–H groups in total. The van der Waals surface area contributed by atoms with Crippen LogP contribution in [0.3, 0.4) is 0 Å². The number of rotatable bonds is 4. The van der Waals surface area contributed by atoms with Gasteiger partial charge >= 0.3 is 0 Å². The average Bonchev–Trinajstić information content (AvgIpc) is 3.25. The number of hydrogen-bond acceptors (Lipinski definition) is 4. The van der Waals surface area contributed by atoms with Crippen molar-refractivity contribution in [2.45, 2.75) is 57.0 Å². The lowest BCUT2D eigenvalue weighted by Gasteiger charge is -2.30. The Bertz CT molecular complexity index is 781. The number of nitrogens with one attached hydrogen (secondary N) is 1. The lowest BCUT2D eigenvalue weighted by molar-refractivity contribution is 0.722. The van der Waals surface area contributed by atoms with Crippen molar-refractivity contribution < 1.29 is 0 Å². The first-order chi connectivity index (χ1) is 11.7. The van der Waals surface area contributed by atoms with E-state index in [9.17, 15) is 0 Å². The molecule has 4 nitrogen and oxygen atoms in total. The molecule has 1 aliphatic heterocycles. The molecule has 24 heavy (non-hydrogen) atoms. The molecule has 1 aromatic carbocycles. The quantitative estimate of drug-likeness (QED) is 0.915. The molecule has 2 fully saturated rings. The van der Waals surface area contributed by atoms with Gasteiger partial charge in [0.1, 0.15) is 17.5 Å². The fourth-order valence-corrected chi connectivity index (χ4v) is 4.29. The number of anilines is 2. The van der Waals surface area contributed by atoms with E-state index in [1.807, 2.05) is 0 Å². The summed E-state index contributed by atoms with van der Waals surface area (Å²) in [6.07, 6.45) is 3.70. The highest BCUT2D eigenvalue weighted by Crippen LogP contribution is 2.51. The van der Waals surface area contributed by atoms with Crippen molar-refractivity contribution in [1.29, 1.82) is 0 Å². The summed E-state index contributed by atoms with van der Waals surface area (Å²) in [5.74, 6) is 4.36. The van der Waals surface area contributed by atoms with E-state index in [2.05, 4.69) is 54.4 Å². The van der Waals surface area contributed by atoms with Crippen LogP contribution in [0.2, 0.25) is 0 Å². The number of hydrogen-bond donors (Lipinski definition) is 1. The van der Waals surface area contributed by atoms with E-state index in [-0.39, 0.29) is 0 Å². The molecule has 2 atom stereocenters. The van der Waals surface area contributed by atoms with Gasteiger partial charge in [0.15, 0.2) is 0 Å². The first-order valence-electron chi connectivity index (χ1n) is 9.20. The largest absolute Gasteiger partial charge is 0.368 e. The second kappa shape index (κ2) is 5.20. The fourth-order valence-electron chi connectivity index (χ4n) is 4.29. The molecule has 2 heterocycles. The van der Waals surface area contributed by atoms with Crippen LogP contribution < -0.4 is 10.2 Å². The molecule has 0 radical (unpaired) electrons. The maximum absolute atomic E-state index is 4.95. The van der Waals surface area contributed by atoms with Gasteiger partial charge in [0.2, 0.25) is 0 Å². The average molecular weight is 320 g/mol. The second-order valence-electron chi connectivity index (χ2n) is 7.77. The van der Waals surface area contributed by atoms with Crippen molar-refractivity contribution in [3.8, 4) is 0 Å². The lowest BCUT2D eigenvalue weighted by Crippen LogP contribution is -2.28. The van der Waals surface area contributed by atoms with Crippen molar-refractivity contribution >= 4 is 11.6 Å². The third-order valence-corrected chi connectivity index (χ3v) is 5.50. The first-order valence-corrected chi connectivity index (χ1v) is 9.20. The summed E-state index contributed by atoms with van der Waals surface area (Å²) in [6.45, 7) is 5.41. The zero-order chi connectivity index (χ0) is 16.3. The molecule has 1 saturated carbocycles.